The maximum Gasteiger partial charge on any atom is 0.345 e. The van der Waals surface area contributed by atoms with Gasteiger partial charge in [0.1, 0.15) is 22.6 Å². The molecule has 0 amide bonds. The van der Waals surface area contributed by atoms with E-state index >= 15 is 0 Å². The molecule has 2 aromatic rings. The summed E-state index contributed by atoms with van der Waals surface area (Å²) in [4.78, 5) is 45.9. The molecule has 0 spiro atoms. The van der Waals surface area contributed by atoms with Crippen molar-refractivity contribution in [3.8, 4) is 11.5 Å². The predicted molar refractivity (Wildman–Crippen MR) is 93.6 cm³/mol. The number of rotatable bonds is 6. The van der Waals surface area contributed by atoms with E-state index in [0.29, 0.717) is 0 Å². The lowest BCUT2D eigenvalue weighted by atomic mass is 10.1. The average Bonchev–Trinajstić information content (AvgIpc) is 2.71. The van der Waals surface area contributed by atoms with Gasteiger partial charge in [0.25, 0.3) is 5.69 Å². The highest BCUT2D eigenvalue weighted by Crippen LogP contribution is 2.31. The first kappa shape index (κ1) is 20.4. The minimum atomic E-state index is -0.936. The van der Waals surface area contributed by atoms with E-state index < -0.39 is 28.5 Å². The molecule has 0 saturated carbocycles. The van der Waals surface area contributed by atoms with E-state index in [-0.39, 0.29) is 28.2 Å². The van der Waals surface area contributed by atoms with Crippen molar-refractivity contribution in [2.24, 2.45) is 0 Å². The summed E-state index contributed by atoms with van der Waals surface area (Å²) < 4.78 is 19.4. The van der Waals surface area contributed by atoms with E-state index in [1.54, 1.807) is 0 Å². The lowest BCUT2D eigenvalue weighted by Crippen LogP contribution is -2.08. The fraction of sp³-hybridized carbons (Fsp3) is 0.167. The van der Waals surface area contributed by atoms with Crippen LogP contribution in [0.3, 0.4) is 0 Å². The van der Waals surface area contributed by atoms with Crippen molar-refractivity contribution in [3.05, 3.63) is 63.2 Å². The second kappa shape index (κ2) is 8.62. The Morgan fingerprint density at radius 2 is 1.43 bits per heavy atom. The topological polar surface area (TPSA) is 131 Å². The van der Waals surface area contributed by atoms with Crippen LogP contribution in [0.5, 0.6) is 11.5 Å². The van der Waals surface area contributed by atoms with Gasteiger partial charge in [0.15, 0.2) is 0 Å². The lowest BCUT2D eigenvalue weighted by molar-refractivity contribution is -0.385. The molecule has 0 unspecified atom stereocenters. The van der Waals surface area contributed by atoms with Crippen molar-refractivity contribution in [1.29, 1.82) is 0 Å². The SMILES string of the molecule is COC(=O)c1ccc(C(=O)OC)c(Oc2ccc([N+](=O)[O-])c(C(=O)OC)c2)c1. The van der Waals surface area contributed by atoms with Gasteiger partial charge in [0.2, 0.25) is 0 Å². The Morgan fingerprint density at radius 3 is 2.00 bits per heavy atom. The number of carbonyl (C=O) groups is 3. The fourth-order valence-corrected chi connectivity index (χ4v) is 2.27. The Balaban J connectivity index is 2.54. The van der Waals surface area contributed by atoms with Crippen LogP contribution in [0, 0.1) is 10.1 Å². The smallest absolute Gasteiger partial charge is 0.345 e. The Bertz CT molecular complexity index is 952. The number of esters is 3. The van der Waals surface area contributed by atoms with Gasteiger partial charge in [0, 0.05) is 12.1 Å². The number of nitro groups is 1. The summed E-state index contributed by atoms with van der Waals surface area (Å²) in [6.45, 7) is 0. The number of benzene rings is 2. The lowest BCUT2D eigenvalue weighted by Gasteiger charge is -2.12. The number of methoxy groups -OCH3 is 3. The maximum atomic E-state index is 12.0. The molecular formula is C18H15NO9. The minimum Gasteiger partial charge on any atom is -0.465 e. The van der Waals surface area contributed by atoms with E-state index in [9.17, 15) is 24.5 Å². The molecule has 0 aliphatic carbocycles. The molecule has 2 aromatic carbocycles. The molecule has 0 N–H and O–H groups in total. The molecule has 0 heterocycles. The molecule has 0 saturated heterocycles. The predicted octanol–water partition coefficient (Wildman–Crippen LogP) is 2.75. The Kier molecular flexibility index (Phi) is 6.27. The van der Waals surface area contributed by atoms with Gasteiger partial charge in [0.05, 0.1) is 31.8 Å². The second-order valence-corrected chi connectivity index (χ2v) is 5.22. The largest absolute Gasteiger partial charge is 0.465 e. The van der Waals surface area contributed by atoms with E-state index in [1.165, 1.54) is 38.5 Å². The van der Waals surface area contributed by atoms with Gasteiger partial charge < -0.3 is 18.9 Å². The zero-order chi connectivity index (χ0) is 20.8. The highest BCUT2D eigenvalue weighted by atomic mass is 16.6. The Labute approximate surface area is 158 Å². The van der Waals surface area contributed by atoms with Crippen LogP contribution in [0.4, 0.5) is 5.69 Å². The van der Waals surface area contributed by atoms with Crippen LogP contribution in [0.1, 0.15) is 31.1 Å². The third-order valence-corrected chi connectivity index (χ3v) is 3.61. The summed E-state index contributed by atoms with van der Waals surface area (Å²) in [5.74, 6) is -2.41. The molecule has 0 bridgehead atoms. The fourth-order valence-electron chi connectivity index (χ4n) is 2.27. The first-order chi connectivity index (χ1) is 13.3. The van der Waals surface area contributed by atoms with Crippen LogP contribution in [0.2, 0.25) is 0 Å². The summed E-state index contributed by atoms with van der Waals surface area (Å²) in [7, 11) is 3.44. The number of nitro benzene ring substituents is 1. The van der Waals surface area contributed by atoms with Crippen molar-refractivity contribution in [2.75, 3.05) is 21.3 Å². The normalized spacial score (nSPS) is 9.96. The number of ether oxygens (including phenoxy) is 4. The molecule has 10 heteroatoms. The molecule has 0 aromatic heterocycles. The van der Waals surface area contributed by atoms with Crippen LogP contribution in [0.25, 0.3) is 0 Å². The maximum absolute atomic E-state index is 12.0. The van der Waals surface area contributed by atoms with Gasteiger partial charge in [-0.15, -0.1) is 0 Å². The molecule has 0 aliphatic heterocycles. The molecule has 0 radical (unpaired) electrons. The van der Waals surface area contributed by atoms with Gasteiger partial charge in [-0.2, -0.15) is 0 Å². The highest BCUT2D eigenvalue weighted by molar-refractivity contribution is 5.96. The summed E-state index contributed by atoms with van der Waals surface area (Å²) >= 11 is 0. The highest BCUT2D eigenvalue weighted by Gasteiger charge is 2.23. The number of carbonyl (C=O) groups excluding carboxylic acids is 3. The average molecular weight is 389 g/mol. The monoisotopic (exact) mass is 389 g/mol. The first-order valence-corrected chi connectivity index (χ1v) is 7.67. The minimum absolute atomic E-state index is 0.00170. The molecule has 28 heavy (non-hydrogen) atoms. The Hall–Kier alpha value is -3.95. The van der Waals surface area contributed by atoms with Crippen molar-refractivity contribution in [1.82, 2.24) is 0 Å². The summed E-state index contributed by atoms with van der Waals surface area (Å²) in [6.07, 6.45) is 0. The number of hydrogen-bond donors (Lipinski definition) is 0. The van der Waals surface area contributed by atoms with E-state index in [2.05, 4.69) is 14.2 Å². The third-order valence-electron chi connectivity index (χ3n) is 3.61. The van der Waals surface area contributed by atoms with Gasteiger partial charge in [-0.1, -0.05) is 0 Å². The first-order valence-electron chi connectivity index (χ1n) is 7.67. The van der Waals surface area contributed by atoms with Crippen molar-refractivity contribution in [2.45, 2.75) is 0 Å². The molecule has 2 rings (SSSR count). The van der Waals surface area contributed by atoms with E-state index in [1.807, 2.05) is 0 Å². The zero-order valence-corrected chi connectivity index (χ0v) is 15.1. The van der Waals surface area contributed by atoms with Crippen LogP contribution < -0.4 is 4.74 Å². The zero-order valence-electron chi connectivity index (χ0n) is 15.1. The molecule has 0 atom stereocenters. The summed E-state index contributed by atoms with van der Waals surface area (Å²) in [5, 5.41) is 11.1. The van der Waals surface area contributed by atoms with Crippen molar-refractivity contribution in [3.63, 3.8) is 0 Å². The standard InChI is InChI=1S/C18H15NO9/c1-25-16(20)10-4-6-12(17(21)26-2)15(8-10)28-11-5-7-14(19(23)24)13(9-11)18(22)27-3/h4-9H,1-3H3. The van der Waals surface area contributed by atoms with Gasteiger partial charge in [-0.3, -0.25) is 10.1 Å². The molecular weight excluding hydrogens is 374 g/mol. The van der Waals surface area contributed by atoms with Gasteiger partial charge >= 0.3 is 17.9 Å². The van der Waals surface area contributed by atoms with Crippen LogP contribution in [0.15, 0.2) is 36.4 Å². The third kappa shape index (κ3) is 4.23. The second-order valence-electron chi connectivity index (χ2n) is 5.22. The van der Waals surface area contributed by atoms with Crippen LogP contribution >= 0.6 is 0 Å². The van der Waals surface area contributed by atoms with Crippen LogP contribution in [-0.2, 0) is 14.2 Å². The Morgan fingerprint density at radius 1 is 0.821 bits per heavy atom. The number of hydrogen-bond acceptors (Lipinski definition) is 9. The number of nitrogens with zero attached hydrogens (tertiary/aromatic N) is 1. The molecule has 0 fully saturated rings. The van der Waals surface area contributed by atoms with Crippen molar-refractivity contribution >= 4 is 23.6 Å². The quantitative estimate of drug-likeness (QED) is 0.316. The van der Waals surface area contributed by atoms with Crippen LogP contribution in [-0.4, -0.2) is 44.2 Å². The van der Waals surface area contributed by atoms with E-state index in [4.69, 9.17) is 4.74 Å². The summed E-state index contributed by atoms with van der Waals surface area (Å²) in [5.41, 5.74) is -0.724. The van der Waals surface area contributed by atoms with Crippen molar-refractivity contribution < 1.29 is 38.3 Å². The molecule has 146 valence electrons. The molecule has 10 nitrogen and oxygen atoms in total. The molecule has 0 aliphatic rings. The van der Waals surface area contributed by atoms with Gasteiger partial charge in [-0.25, -0.2) is 14.4 Å². The van der Waals surface area contributed by atoms with E-state index in [0.717, 1.165) is 19.2 Å². The van der Waals surface area contributed by atoms with Gasteiger partial charge in [-0.05, 0) is 24.3 Å². The summed E-state index contributed by atoms with van der Waals surface area (Å²) in [6, 6.07) is 7.29.